The number of tetrazole rings is 1. The van der Waals surface area contributed by atoms with E-state index in [1.807, 2.05) is 0 Å². The first-order chi connectivity index (χ1) is 16.5. The van der Waals surface area contributed by atoms with Crippen LogP contribution in [-0.2, 0) is 30.8 Å². The van der Waals surface area contributed by atoms with E-state index in [9.17, 15) is 25.3 Å². The SMILES string of the molecule is CS(=O)(=O)Nc1ccc(-c2ccc(S(=O)(=O)/N=C/C3CCNC3)c([SH](=O)=O)c2-c2nnn[nH]2)cc1. The lowest BCUT2D eigenvalue weighted by atomic mass is 9.99. The predicted molar refractivity (Wildman–Crippen MR) is 129 cm³/mol. The number of benzene rings is 2. The van der Waals surface area contributed by atoms with Crippen LogP contribution in [0.1, 0.15) is 6.42 Å². The highest BCUT2D eigenvalue weighted by atomic mass is 32.2. The number of sulfonamides is 2. The van der Waals surface area contributed by atoms with Crippen molar-refractivity contribution < 1.29 is 25.3 Å². The second kappa shape index (κ2) is 9.80. The second-order valence-electron chi connectivity index (χ2n) is 7.78. The Labute approximate surface area is 203 Å². The average molecular weight is 540 g/mol. The van der Waals surface area contributed by atoms with E-state index in [1.54, 1.807) is 12.1 Å². The first kappa shape index (κ1) is 24.9. The van der Waals surface area contributed by atoms with Gasteiger partial charge in [0.15, 0.2) is 16.5 Å². The lowest BCUT2D eigenvalue weighted by molar-refractivity contribution is 0.591. The van der Waals surface area contributed by atoms with Crippen molar-refractivity contribution in [2.45, 2.75) is 16.2 Å². The molecule has 16 heteroatoms. The highest BCUT2D eigenvalue weighted by Crippen LogP contribution is 2.38. The molecule has 1 atom stereocenters. The van der Waals surface area contributed by atoms with Gasteiger partial charge in [-0.3, -0.25) is 4.72 Å². The van der Waals surface area contributed by atoms with Crippen LogP contribution >= 0.6 is 0 Å². The molecule has 13 nitrogen and oxygen atoms in total. The molecule has 1 unspecified atom stereocenters. The summed E-state index contributed by atoms with van der Waals surface area (Å²) in [5.41, 5.74) is 1.03. The number of nitrogens with zero attached hydrogens (tertiary/aromatic N) is 4. The molecule has 0 bridgehead atoms. The largest absolute Gasteiger partial charge is 0.316 e. The fourth-order valence-corrected chi connectivity index (χ4v) is 6.50. The zero-order valence-corrected chi connectivity index (χ0v) is 20.8. The van der Waals surface area contributed by atoms with Crippen LogP contribution in [0.25, 0.3) is 22.5 Å². The Hall–Kier alpha value is -3.21. The zero-order valence-electron chi connectivity index (χ0n) is 18.2. The molecule has 0 saturated carbocycles. The van der Waals surface area contributed by atoms with Crippen molar-refractivity contribution in [2.24, 2.45) is 10.3 Å². The van der Waals surface area contributed by atoms with Crippen LogP contribution in [0.4, 0.5) is 5.69 Å². The highest BCUT2D eigenvalue weighted by molar-refractivity contribution is 7.92. The van der Waals surface area contributed by atoms with Crippen molar-refractivity contribution in [1.29, 1.82) is 0 Å². The maximum absolute atomic E-state index is 13.0. The van der Waals surface area contributed by atoms with E-state index in [4.69, 9.17) is 0 Å². The quantitative estimate of drug-likeness (QED) is 0.228. The number of nitrogens with one attached hydrogen (secondary N) is 3. The van der Waals surface area contributed by atoms with Gasteiger partial charge >= 0.3 is 0 Å². The number of aromatic nitrogens is 4. The Morgan fingerprint density at radius 3 is 2.43 bits per heavy atom. The molecule has 1 aromatic heterocycles. The Balaban J connectivity index is 1.87. The molecule has 2 heterocycles. The van der Waals surface area contributed by atoms with Crippen LogP contribution in [-0.4, -0.2) is 71.4 Å². The van der Waals surface area contributed by atoms with Gasteiger partial charge in [0.1, 0.15) is 4.90 Å². The lowest BCUT2D eigenvalue weighted by Crippen LogP contribution is -2.11. The van der Waals surface area contributed by atoms with Gasteiger partial charge in [0, 0.05) is 29.9 Å². The molecule has 3 N–H and O–H groups in total. The highest BCUT2D eigenvalue weighted by Gasteiger charge is 2.27. The minimum atomic E-state index is -4.36. The Morgan fingerprint density at radius 1 is 1.11 bits per heavy atom. The van der Waals surface area contributed by atoms with Crippen LogP contribution in [0.3, 0.4) is 0 Å². The number of aromatic amines is 1. The molecule has 1 aliphatic heterocycles. The summed E-state index contributed by atoms with van der Waals surface area (Å²) < 4.78 is 79.9. The van der Waals surface area contributed by atoms with Crippen LogP contribution in [0.2, 0.25) is 0 Å². The maximum atomic E-state index is 13.0. The Bertz CT molecular complexity index is 1530. The number of hydrogen-bond acceptors (Lipinski definition) is 10. The number of rotatable bonds is 8. The van der Waals surface area contributed by atoms with E-state index in [2.05, 4.69) is 35.1 Å². The van der Waals surface area contributed by atoms with Crippen molar-refractivity contribution in [3.63, 3.8) is 0 Å². The summed E-state index contributed by atoms with van der Waals surface area (Å²) in [5.74, 6) is -0.140. The maximum Gasteiger partial charge on any atom is 0.283 e. The third kappa shape index (κ3) is 5.72. The van der Waals surface area contributed by atoms with Gasteiger partial charge in [-0.1, -0.05) is 18.2 Å². The summed E-state index contributed by atoms with van der Waals surface area (Å²) in [6.45, 7) is 1.32. The van der Waals surface area contributed by atoms with Gasteiger partial charge in [0.2, 0.25) is 10.0 Å². The monoisotopic (exact) mass is 539 g/mol. The first-order valence-corrected chi connectivity index (χ1v) is 14.7. The van der Waals surface area contributed by atoms with Crippen LogP contribution in [0.5, 0.6) is 0 Å². The summed E-state index contributed by atoms with van der Waals surface area (Å²) in [6.07, 6.45) is 3.05. The lowest BCUT2D eigenvalue weighted by Gasteiger charge is -2.14. The normalized spacial score (nSPS) is 16.8. The second-order valence-corrected chi connectivity index (χ2v) is 12.1. The molecule has 35 heavy (non-hydrogen) atoms. The molecule has 0 aliphatic carbocycles. The molecular weight excluding hydrogens is 518 g/mol. The summed E-state index contributed by atoms with van der Waals surface area (Å²) in [4.78, 5) is -1.00. The average Bonchev–Trinajstić information content (AvgIpc) is 3.50. The van der Waals surface area contributed by atoms with E-state index >= 15 is 0 Å². The van der Waals surface area contributed by atoms with Crippen LogP contribution < -0.4 is 10.0 Å². The van der Waals surface area contributed by atoms with Gasteiger partial charge in [0.05, 0.1) is 11.2 Å². The van der Waals surface area contributed by atoms with E-state index < -0.39 is 40.5 Å². The van der Waals surface area contributed by atoms with E-state index in [1.165, 1.54) is 30.5 Å². The smallest absolute Gasteiger partial charge is 0.283 e. The minimum absolute atomic E-state index is 0.0475. The first-order valence-electron chi connectivity index (χ1n) is 10.2. The molecule has 2 aromatic carbocycles. The topological polar surface area (TPSA) is 193 Å². The summed E-state index contributed by atoms with van der Waals surface area (Å²) in [6, 6.07) is 8.68. The molecule has 1 saturated heterocycles. The van der Waals surface area contributed by atoms with Crippen molar-refractivity contribution in [3.8, 4) is 22.5 Å². The van der Waals surface area contributed by atoms with Crippen molar-refractivity contribution in [1.82, 2.24) is 25.9 Å². The van der Waals surface area contributed by atoms with Gasteiger partial charge in [-0.25, -0.2) is 21.9 Å². The summed E-state index contributed by atoms with van der Waals surface area (Å²) >= 11 is 0. The third-order valence-electron chi connectivity index (χ3n) is 5.19. The third-order valence-corrected chi connectivity index (χ3v) is 8.07. The predicted octanol–water partition coefficient (Wildman–Crippen LogP) is 0.245. The number of anilines is 1. The molecule has 3 aromatic rings. The summed E-state index contributed by atoms with van der Waals surface area (Å²) in [5, 5.41) is 16.4. The van der Waals surface area contributed by atoms with Crippen molar-refractivity contribution >= 4 is 42.7 Å². The minimum Gasteiger partial charge on any atom is -0.316 e. The number of hydrogen-bond donors (Lipinski definition) is 4. The van der Waals surface area contributed by atoms with Gasteiger partial charge in [-0.15, -0.1) is 5.10 Å². The molecule has 0 amide bonds. The van der Waals surface area contributed by atoms with E-state index in [-0.39, 0.29) is 17.3 Å². The standard InChI is InChI=1S/C19H21N7O6S3/c1-34(29,30)24-14-4-2-13(3-5-14)15-6-7-16(35(31,32)21-11-12-8-9-20-10-12)18(33(27)28)17(15)19-22-25-26-23-19/h2-7,11-12,20,24,33H,8-10H2,1H3,(H,22,23,25,26)/b21-11+. The molecular formula is C19H21N7O6S3. The van der Waals surface area contributed by atoms with Crippen LogP contribution in [0.15, 0.2) is 50.6 Å². The Morgan fingerprint density at radius 2 is 1.86 bits per heavy atom. The number of H-pyrrole nitrogens is 1. The molecule has 1 fully saturated rings. The molecule has 0 spiro atoms. The van der Waals surface area contributed by atoms with Gasteiger partial charge in [0.25, 0.3) is 10.0 Å². The molecule has 1 aliphatic rings. The van der Waals surface area contributed by atoms with E-state index in [0.29, 0.717) is 23.4 Å². The van der Waals surface area contributed by atoms with Crippen LogP contribution in [0, 0.1) is 5.92 Å². The Kier molecular flexibility index (Phi) is 6.98. The number of thiol groups is 1. The van der Waals surface area contributed by atoms with Gasteiger partial charge in [-0.05, 0) is 52.7 Å². The fraction of sp³-hybridized carbons (Fsp3) is 0.263. The fourth-order valence-electron chi connectivity index (χ4n) is 3.67. The van der Waals surface area contributed by atoms with Gasteiger partial charge < -0.3 is 5.32 Å². The van der Waals surface area contributed by atoms with Crippen molar-refractivity contribution in [3.05, 3.63) is 36.4 Å². The van der Waals surface area contributed by atoms with Gasteiger partial charge in [-0.2, -0.15) is 12.8 Å². The molecule has 4 rings (SSSR count). The van der Waals surface area contributed by atoms with E-state index in [0.717, 1.165) is 19.2 Å². The van der Waals surface area contributed by atoms with Crippen molar-refractivity contribution in [2.75, 3.05) is 24.1 Å². The molecule has 0 radical (unpaired) electrons. The zero-order chi connectivity index (χ0) is 25.2. The summed E-state index contributed by atoms with van der Waals surface area (Å²) in [7, 11) is -11.3. The molecule has 186 valence electrons.